The molecular weight excluding hydrogens is 230 g/mol. The van der Waals surface area contributed by atoms with Crippen LogP contribution in [0, 0.1) is 0 Å². The number of pyridine rings is 1. The van der Waals surface area contributed by atoms with Gasteiger partial charge in [0.1, 0.15) is 5.75 Å². The summed E-state index contributed by atoms with van der Waals surface area (Å²) in [7, 11) is 1.66. The van der Waals surface area contributed by atoms with E-state index in [2.05, 4.69) is 20.9 Å². The van der Waals surface area contributed by atoms with Crippen LogP contribution >= 0.6 is 15.9 Å². The van der Waals surface area contributed by atoms with Gasteiger partial charge in [0.05, 0.1) is 7.11 Å². The fraction of sp³-hybridized carbons (Fsp3) is 0.100. The Morgan fingerprint density at radius 2 is 2.23 bits per heavy atom. The average Bonchev–Trinajstić information content (AvgIpc) is 2.18. The number of hydrogen-bond acceptors (Lipinski definition) is 2. The highest BCUT2D eigenvalue weighted by molar-refractivity contribution is 9.10. The Kier molecular flexibility index (Phi) is 2.19. The molecule has 0 saturated heterocycles. The van der Waals surface area contributed by atoms with E-state index in [1.54, 1.807) is 13.3 Å². The summed E-state index contributed by atoms with van der Waals surface area (Å²) in [6.07, 6.45) is 3.60. The van der Waals surface area contributed by atoms with Crippen LogP contribution in [0.2, 0.25) is 0 Å². The highest BCUT2D eigenvalue weighted by Gasteiger charge is 2.00. The number of rotatable bonds is 1. The number of benzene rings is 1. The van der Waals surface area contributed by atoms with Crippen LogP contribution in [0.3, 0.4) is 0 Å². The zero-order chi connectivity index (χ0) is 9.26. The fourth-order valence-electron chi connectivity index (χ4n) is 1.25. The molecule has 0 aliphatic heterocycles. The smallest absolute Gasteiger partial charge is 0.120 e. The molecule has 0 spiro atoms. The van der Waals surface area contributed by atoms with Gasteiger partial charge in [0.25, 0.3) is 0 Å². The number of hydrogen-bond donors (Lipinski definition) is 0. The maximum atomic E-state index is 5.15. The molecule has 0 N–H and O–H groups in total. The topological polar surface area (TPSA) is 22.1 Å². The number of methoxy groups -OCH3 is 1. The summed E-state index contributed by atoms with van der Waals surface area (Å²) < 4.78 is 6.18. The minimum Gasteiger partial charge on any atom is -0.497 e. The Morgan fingerprint density at radius 1 is 1.38 bits per heavy atom. The van der Waals surface area contributed by atoms with Crippen LogP contribution in [0.1, 0.15) is 0 Å². The van der Waals surface area contributed by atoms with Crippen molar-refractivity contribution in [3.8, 4) is 5.75 Å². The van der Waals surface area contributed by atoms with Gasteiger partial charge in [0, 0.05) is 22.3 Å². The summed E-state index contributed by atoms with van der Waals surface area (Å²) in [5, 5.41) is 2.23. The fourth-order valence-corrected chi connectivity index (χ4v) is 1.84. The predicted octanol–water partition coefficient (Wildman–Crippen LogP) is 3.01. The normalized spacial score (nSPS) is 10.3. The lowest BCUT2D eigenvalue weighted by Gasteiger charge is -2.03. The van der Waals surface area contributed by atoms with Gasteiger partial charge in [-0.1, -0.05) is 15.9 Å². The summed E-state index contributed by atoms with van der Waals surface area (Å²) in [5.74, 6) is 0.840. The molecule has 0 bridgehead atoms. The first kappa shape index (κ1) is 8.51. The number of ether oxygens (including phenoxy) is 1. The first-order valence-corrected chi connectivity index (χ1v) is 4.68. The van der Waals surface area contributed by atoms with Gasteiger partial charge >= 0.3 is 0 Å². The summed E-state index contributed by atoms with van der Waals surface area (Å²) in [6.45, 7) is 0. The number of aromatic nitrogens is 1. The lowest BCUT2D eigenvalue weighted by Crippen LogP contribution is -1.84. The second-order valence-electron chi connectivity index (χ2n) is 2.71. The third-order valence-corrected chi connectivity index (χ3v) is 2.57. The van der Waals surface area contributed by atoms with Crippen molar-refractivity contribution >= 4 is 26.7 Å². The van der Waals surface area contributed by atoms with Crippen molar-refractivity contribution < 1.29 is 4.74 Å². The van der Waals surface area contributed by atoms with E-state index in [1.165, 1.54) is 0 Å². The van der Waals surface area contributed by atoms with E-state index in [9.17, 15) is 0 Å². The molecule has 3 heteroatoms. The molecule has 0 aliphatic rings. The van der Waals surface area contributed by atoms with Gasteiger partial charge in [-0.15, -0.1) is 0 Å². The summed E-state index contributed by atoms with van der Waals surface area (Å²) in [6, 6.07) is 5.88. The number of halogens is 1. The van der Waals surface area contributed by atoms with Crippen LogP contribution < -0.4 is 4.74 Å². The summed E-state index contributed by atoms with van der Waals surface area (Å²) in [4.78, 5) is 4.05. The van der Waals surface area contributed by atoms with Crippen LogP contribution in [-0.4, -0.2) is 12.1 Å². The third kappa shape index (κ3) is 1.52. The minimum absolute atomic E-state index is 0.840. The lowest BCUT2D eigenvalue weighted by molar-refractivity contribution is 0.415. The van der Waals surface area contributed by atoms with E-state index >= 15 is 0 Å². The van der Waals surface area contributed by atoms with Gasteiger partial charge in [0.15, 0.2) is 0 Å². The molecule has 2 rings (SSSR count). The van der Waals surface area contributed by atoms with Crippen LogP contribution in [0.25, 0.3) is 10.8 Å². The van der Waals surface area contributed by atoms with Gasteiger partial charge in [-0.25, -0.2) is 0 Å². The number of fused-ring (bicyclic) bond motifs is 1. The highest BCUT2D eigenvalue weighted by Crippen LogP contribution is 2.28. The monoisotopic (exact) mass is 237 g/mol. The van der Waals surface area contributed by atoms with E-state index < -0.39 is 0 Å². The molecule has 0 aliphatic carbocycles. The van der Waals surface area contributed by atoms with Gasteiger partial charge < -0.3 is 4.74 Å². The molecule has 0 radical (unpaired) electrons. The van der Waals surface area contributed by atoms with Crippen molar-refractivity contribution in [1.29, 1.82) is 0 Å². The van der Waals surface area contributed by atoms with Crippen LogP contribution in [0.4, 0.5) is 0 Å². The Labute approximate surface area is 84.7 Å². The van der Waals surface area contributed by atoms with E-state index in [1.807, 2.05) is 24.4 Å². The Morgan fingerprint density at radius 3 is 3.00 bits per heavy atom. The third-order valence-electron chi connectivity index (χ3n) is 1.91. The quantitative estimate of drug-likeness (QED) is 0.761. The van der Waals surface area contributed by atoms with Crippen molar-refractivity contribution in [3.05, 3.63) is 35.1 Å². The first-order valence-electron chi connectivity index (χ1n) is 3.88. The maximum absolute atomic E-state index is 5.15. The molecule has 66 valence electrons. The Balaban J connectivity index is 2.77. The summed E-state index contributed by atoms with van der Waals surface area (Å²) >= 11 is 3.48. The van der Waals surface area contributed by atoms with Crippen LogP contribution in [0.5, 0.6) is 5.75 Å². The first-order chi connectivity index (χ1) is 6.31. The lowest BCUT2D eigenvalue weighted by atomic mass is 10.2. The van der Waals surface area contributed by atoms with Gasteiger partial charge in [-0.3, -0.25) is 4.98 Å². The molecule has 0 saturated carbocycles. The SMILES string of the molecule is COc1cc(Br)c2ccncc2c1. The largest absolute Gasteiger partial charge is 0.497 e. The van der Waals surface area contributed by atoms with Crippen LogP contribution in [0.15, 0.2) is 35.1 Å². The Hall–Kier alpha value is -1.09. The summed E-state index contributed by atoms with van der Waals surface area (Å²) in [5.41, 5.74) is 0. The molecule has 0 unspecified atom stereocenters. The minimum atomic E-state index is 0.840. The van der Waals surface area contributed by atoms with Crippen molar-refractivity contribution in [1.82, 2.24) is 4.98 Å². The highest BCUT2D eigenvalue weighted by atomic mass is 79.9. The van der Waals surface area contributed by atoms with Crippen molar-refractivity contribution in [2.75, 3.05) is 7.11 Å². The Bertz CT molecular complexity index is 442. The molecule has 2 aromatic rings. The average molecular weight is 238 g/mol. The standard InChI is InChI=1S/C10H8BrNO/c1-13-8-4-7-6-12-3-2-9(7)10(11)5-8/h2-6H,1H3. The molecule has 1 heterocycles. The van der Waals surface area contributed by atoms with Crippen molar-refractivity contribution in [2.24, 2.45) is 0 Å². The van der Waals surface area contributed by atoms with Crippen molar-refractivity contribution in [3.63, 3.8) is 0 Å². The van der Waals surface area contributed by atoms with Gasteiger partial charge in [0.2, 0.25) is 0 Å². The van der Waals surface area contributed by atoms with Gasteiger partial charge in [-0.2, -0.15) is 0 Å². The molecule has 1 aromatic carbocycles. The van der Waals surface area contributed by atoms with Crippen molar-refractivity contribution in [2.45, 2.75) is 0 Å². The second kappa shape index (κ2) is 3.34. The molecule has 13 heavy (non-hydrogen) atoms. The predicted molar refractivity (Wildman–Crippen MR) is 56.0 cm³/mol. The number of nitrogens with zero attached hydrogens (tertiary/aromatic N) is 1. The van der Waals surface area contributed by atoms with Gasteiger partial charge in [-0.05, 0) is 23.6 Å². The van der Waals surface area contributed by atoms with E-state index in [4.69, 9.17) is 4.74 Å². The molecule has 1 aromatic heterocycles. The van der Waals surface area contributed by atoms with E-state index in [0.717, 1.165) is 21.0 Å². The molecule has 2 nitrogen and oxygen atoms in total. The maximum Gasteiger partial charge on any atom is 0.120 e. The second-order valence-corrected chi connectivity index (χ2v) is 3.56. The zero-order valence-corrected chi connectivity index (χ0v) is 8.71. The molecule has 0 atom stereocenters. The molecule has 0 fully saturated rings. The molecular formula is C10H8BrNO. The van der Waals surface area contributed by atoms with Crippen LogP contribution in [-0.2, 0) is 0 Å². The zero-order valence-electron chi connectivity index (χ0n) is 7.12. The molecule has 0 amide bonds. The van der Waals surface area contributed by atoms with E-state index in [-0.39, 0.29) is 0 Å². The van der Waals surface area contributed by atoms with E-state index in [0.29, 0.717) is 0 Å².